The molecule has 0 radical (unpaired) electrons. The van der Waals surface area contributed by atoms with Gasteiger partial charge in [-0.2, -0.15) is 0 Å². The highest BCUT2D eigenvalue weighted by Crippen LogP contribution is 2.35. The molecule has 0 unspecified atom stereocenters. The molecule has 0 saturated carbocycles. The quantitative estimate of drug-likeness (QED) is 0.799. The minimum absolute atomic E-state index is 0.0282. The number of benzene rings is 1. The van der Waals surface area contributed by atoms with Gasteiger partial charge in [0.05, 0.1) is 30.6 Å². The third-order valence-electron chi connectivity index (χ3n) is 3.06. The molecule has 0 aliphatic heterocycles. The molecule has 0 aliphatic rings. The number of hydrogen-bond donors (Lipinski definition) is 1. The molecule has 1 aromatic heterocycles. The highest BCUT2D eigenvalue weighted by molar-refractivity contribution is 6.34. The maximum Gasteiger partial charge on any atom is 0.514 e. The number of nitrogens with two attached hydrogens (primary N) is 1. The number of aromatic nitrogens is 1. The van der Waals surface area contributed by atoms with Crippen molar-refractivity contribution in [3.8, 4) is 17.1 Å². The number of rotatable bonds is 3. The molecule has 1 aromatic carbocycles. The molecule has 2 rings (SSSR count). The highest BCUT2D eigenvalue weighted by Gasteiger charge is 2.23. The summed E-state index contributed by atoms with van der Waals surface area (Å²) in [6.45, 7) is 0. The van der Waals surface area contributed by atoms with Crippen molar-refractivity contribution in [3.05, 3.63) is 39.6 Å². The van der Waals surface area contributed by atoms with Crippen LogP contribution in [0, 0.1) is 5.82 Å². The topological polar surface area (TPSA) is 101 Å². The Bertz CT molecular complexity index is 860. The van der Waals surface area contributed by atoms with Crippen LogP contribution in [0.25, 0.3) is 11.3 Å². The lowest BCUT2D eigenvalue weighted by Crippen LogP contribution is -2.10. The molecule has 2 N–H and O–H groups in total. The zero-order valence-electron chi connectivity index (χ0n) is 12.9. The van der Waals surface area contributed by atoms with Crippen LogP contribution in [0.1, 0.15) is 10.4 Å². The van der Waals surface area contributed by atoms with E-state index in [9.17, 15) is 14.0 Å². The fourth-order valence-corrected chi connectivity index (χ4v) is 2.25. The van der Waals surface area contributed by atoms with Gasteiger partial charge in [0, 0.05) is 5.56 Å². The summed E-state index contributed by atoms with van der Waals surface area (Å²) in [4.78, 5) is 26.9. The molecule has 10 heteroatoms. The lowest BCUT2D eigenvalue weighted by atomic mass is 10.1. The van der Waals surface area contributed by atoms with Crippen LogP contribution in [0.3, 0.4) is 0 Å². The van der Waals surface area contributed by atoms with E-state index in [2.05, 4.69) is 14.5 Å². The zero-order chi connectivity index (χ0) is 18.7. The van der Waals surface area contributed by atoms with Crippen LogP contribution < -0.4 is 10.5 Å². The SMILES string of the molecule is COC(=O)Oc1nc(-c2ccc(Cl)c(C(=O)OC)c2F)cc(N)c1Cl. The molecular weight excluding hydrogens is 378 g/mol. The second kappa shape index (κ2) is 7.54. The van der Waals surface area contributed by atoms with Crippen molar-refractivity contribution < 1.29 is 28.2 Å². The molecule has 0 aliphatic carbocycles. The molecule has 0 atom stereocenters. The Kier molecular flexibility index (Phi) is 5.66. The van der Waals surface area contributed by atoms with Gasteiger partial charge in [0.25, 0.3) is 0 Å². The number of nitrogen functional groups attached to an aromatic ring is 1. The first-order valence-corrected chi connectivity index (χ1v) is 7.34. The third-order valence-corrected chi connectivity index (χ3v) is 3.75. The summed E-state index contributed by atoms with van der Waals surface area (Å²) in [5.41, 5.74) is 5.08. The van der Waals surface area contributed by atoms with E-state index >= 15 is 0 Å². The van der Waals surface area contributed by atoms with Crippen LogP contribution >= 0.6 is 23.2 Å². The normalized spacial score (nSPS) is 10.3. The number of pyridine rings is 1. The number of carbonyl (C=O) groups is 2. The predicted molar refractivity (Wildman–Crippen MR) is 88.4 cm³/mol. The van der Waals surface area contributed by atoms with Crippen LogP contribution in [0.4, 0.5) is 14.9 Å². The minimum atomic E-state index is -1.09. The molecule has 0 bridgehead atoms. The Morgan fingerprint density at radius 1 is 1.20 bits per heavy atom. The van der Waals surface area contributed by atoms with E-state index in [1.165, 1.54) is 18.2 Å². The number of carbonyl (C=O) groups excluding carboxylic acids is 2. The number of ether oxygens (including phenoxy) is 3. The molecule has 1 heterocycles. The van der Waals surface area contributed by atoms with Crippen molar-refractivity contribution in [3.63, 3.8) is 0 Å². The molecule has 7 nitrogen and oxygen atoms in total. The van der Waals surface area contributed by atoms with Crippen molar-refractivity contribution in [2.45, 2.75) is 0 Å². The zero-order valence-corrected chi connectivity index (χ0v) is 14.4. The monoisotopic (exact) mass is 388 g/mol. The maximum absolute atomic E-state index is 14.7. The van der Waals surface area contributed by atoms with Gasteiger partial charge in [0.2, 0.25) is 5.88 Å². The van der Waals surface area contributed by atoms with Crippen LogP contribution in [-0.4, -0.2) is 31.3 Å². The van der Waals surface area contributed by atoms with Crippen molar-refractivity contribution in [2.75, 3.05) is 20.0 Å². The lowest BCUT2D eigenvalue weighted by Gasteiger charge is -2.12. The van der Waals surface area contributed by atoms with Gasteiger partial charge in [-0.3, -0.25) is 0 Å². The number of halogens is 3. The Balaban J connectivity index is 2.63. The molecule has 0 spiro atoms. The Hall–Kier alpha value is -2.58. The van der Waals surface area contributed by atoms with E-state index in [0.717, 1.165) is 14.2 Å². The maximum atomic E-state index is 14.7. The number of nitrogens with zero attached hydrogens (tertiary/aromatic N) is 1. The Morgan fingerprint density at radius 3 is 2.48 bits per heavy atom. The lowest BCUT2D eigenvalue weighted by molar-refractivity contribution is 0.0595. The van der Waals surface area contributed by atoms with Gasteiger partial charge < -0.3 is 19.9 Å². The smallest absolute Gasteiger partial charge is 0.465 e. The summed E-state index contributed by atoms with van der Waals surface area (Å²) >= 11 is 11.8. The first kappa shape index (κ1) is 18.8. The first-order valence-electron chi connectivity index (χ1n) is 6.58. The van der Waals surface area contributed by atoms with E-state index in [1.54, 1.807) is 0 Å². The Labute approximate surface area is 151 Å². The first-order chi connectivity index (χ1) is 11.8. The summed E-state index contributed by atoms with van der Waals surface area (Å²) in [6.07, 6.45) is -1.09. The van der Waals surface area contributed by atoms with Gasteiger partial charge in [-0.25, -0.2) is 19.0 Å². The van der Waals surface area contributed by atoms with Crippen molar-refractivity contribution in [1.82, 2.24) is 4.98 Å². The second-order valence-corrected chi connectivity index (χ2v) is 5.33. The molecule has 132 valence electrons. The summed E-state index contributed by atoms with van der Waals surface area (Å²) in [6, 6.07) is 3.82. The number of hydrogen-bond acceptors (Lipinski definition) is 7. The average Bonchev–Trinajstić information content (AvgIpc) is 2.58. The van der Waals surface area contributed by atoms with Gasteiger partial charge >= 0.3 is 12.1 Å². The minimum Gasteiger partial charge on any atom is -0.465 e. The molecule has 0 amide bonds. The van der Waals surface area contributed by atoms with Crippen LogP contribution in [0.15, 0.2) is 18.2 Å². The van der Waals surface area contributed by atoms with E-state index < -0.39 is 23.5 Å². The van der Waals surface area contributed by atoms with E-state index in [-0.39, 0.29) is 32.9 Å². The average molecular weight is 389 g/mol. The van der Waals surface area contributed by atoms with Crippen LogP contribution in [-0.2, 0) is 9.47 Å². The van der Waals surface area contributed by atoms with Gasteiger partial charge in [-0.15, -0.1) is 0 Å². The number of esters is 1. The highest BCUT2D eigenvalue weighted by atomic mass is 35.5. The van der Waals surface area contributed by atoms with Gasteiger partial charge in [-0.1, -0.05) is 23.2 Å². The van der Waals surface area contributed by atoms with Crippen LogP contribution in [0.5, 0.6) is 5.88 Å². The van der Waals surface area contributed by atoms with Crippen molar-refractivity contribution in [2.24, 2.45) is 0 Å². The predicted octanol–water partition coefficient (Wildman–Crippen LogP) is 3.71. The summed E-state index contributed by atoms with van der Waals surface area (Å²) in [5, 5.41) is -0.294. The molecule has 2 aromatic rings. The third kappa shape index (κ3) is 3.75. The largest absolute Gasteiger partial charge is 0.514 e. The van der Waals surface area contributed by atoms with Gasteiger partial charge in [-0.05, 0) is 18.2 Å². The van der Waals surface area contributed by atoms with Crippen molar-refractivity contribution in [1.29, 1.82) is 0 Å². The Morgan fingerprint density at radius 2 is 1.88 bits per heavy atom. The van der Waals surface area contributed by atoms with Crippen LogP contribution in [0.2, 0.25) is 10.0 Å². The van der Waals surface area contributed by atoms with Gasteiger partial charge in [0.15, 0.2) is 0 Å². The standard InChI is InChI=1S/C15H11Cl2FN2O5/c1-23-14(21)10-7(16)4-3-6(12(10)18)9-5-8(19)11(17)13(20-9)25-15(22)24-2/h3-5H,1-2H3,(H2,19,20). The molecule has 0 saturated heterocycles. The van der Waals surface area contributed by atoms with Gasteiger partial charge in [0.1, 0.15) is 16.4 Å². The van der Waals surface area contributed by atoms with E-state index in [4.69, 9.17) is 33.7 Å². The molecule has 0 fully saturated rings. The summed E-state index contributed by atoms with van der Waals surface area (Å²) < 4.78 is 28.3. The van der Waals surface area contributed by atoms with E-state index in [0.29, 0.717) is 0 Å². The number of methoxy groups -OCH3 is 2. The molecule has 25 heavy (non-hydrogen) atoms. The second-order valence-electron chi connectivity index (χ2n) is 4.55. The fourth-order valence-electron chi connectivity index (χ4n) is 1.89. The summed E-state index contributed by atoms with van der Waals surface area (Å²) in [5.74, 6) is -2.31. The fraction of sp³-hybridized carbons (Fsp3) is 0.133. The summed E-state index contributed by atoms with van der Waals surface area (Å²) in [7, 11) is 2.18. The molecular formula is C15H11Cl2FN2O5. The van der Waals surface area contributed by atoms with Crippen molar-refractivity contribution >= 4 is 41.0 Å². The van der Waals surface area contributed by atoms with E-state index in [1.807, 2.05) is 0 Å². The number of anilines is 1.